The second-order valence-electron chi connectivity index (χ2n) is 5.91. The Morgan fingerprint density at radius 3 is 3.00 bits per heavy atom. The third kappa shape index (κ3) is 2.89. The summed E-state index contributed by atoms with van der Waals surface area (Å²) in [5, 5.41) is 0. The van der Waals surface area contributed by atoms with Crippen molar-refractivity contribution in [2.75, 3.05) is 26.7 Å². The smallest absolute Gasteiger partial charge is 0.227 e. The molecule has 0 N–H and O–H groups in total. The summed E-state index contributed by atoms with van der Waals surface area (Å²) >= 11 is 0. The fourth-order valence-corrected chi connectivity index (χ4v) is 3.25. The summed E-state index contributed by atoms with van der Waals surface area (Å²) in [5.41, 5.74) is 0.832. The number of likely N-dealkylation sites (tertiary alicyclic amines) is 2. The Balaban J connectivity index is 1.56. The monoisotopic (exact) mass is 288 g/mol. The number of piperidine rings is 1. The lowest BCUT2D eigenvalue weighted by Crippen LogP contribution is -2.42. The second kappa shape index (κ2) is 5.79. The molecule has 2 aliphatic heterocycles. The van der Waals surface area contributed by atoms with Gasteiger partial charge in [0, 0.05) is 51.7 Å². The lowest BCUT2D eigenvalue weighted by Gasteiger charge is -2.30. The maximum atomic E-state index is 12.3. The van der Waals surface area contributed by atoms with Gasteiger partial charge in [0.2, 0.25) is 11.8 Å². The Bertz CT molecular complexity index is 534. The molecule has 1 aromatic heterocycles. The van der Waals surface area contributed by atoms with Crippen molar-refractivity contribution in [3.8, 4) is 0 Å². The van der Waals surface area contributed by atoms with Crippen LogP contribution < -0.4 is 0 Å². The molecule has 0 saturated carbocycles. The van der Waals surface area contributed by atoms with Crippen LogP contribution in [0.3, 0.4) is 0 Å². The Morgan fingerprint density at radius 2 is 2.24 bits per heavy atom. The normalized spacial score (nSPS) is 25.1. The van der Waals surface area contributed by atoms with Crippen LogP contribution >= 0.6 is 0 Å². The largest absolute Gasteiger partial charge is 0.345 e. The Labute approximate surface area is 124 Å². The summed E-state index contributed by atoms with van der Waals surface area (Å²) in [5.74, 6) is 0.652. The number of hydrogen-bond acceptors (Lipinski definition) is 4. The second-order valence-corrected chi connectivity index (χ2v) is 5.91. The molecule has 3 rings (SSSR count). The van der Waals surface area contributed by atoms with Crippen LogP contribution in [0, 0.1) is 11.8 Å². The van der Waals surface area contributed by atoms with Gasteiger partial charge in [0.1, 0.15) is 0 Å². The average molecular weight is 288 g/mol. The van der Waals surface area contributed by atoms with Gasteiger partial charge in [0.05, 0.1) is 11.6 Å². The van der Waals surface area contributed by atoms with Gasteiger partial charge in [0.15, 0.2) is 0 Å². The maximum Gasteiger partial charge on any atom is 0.227 e. The third-order valence-electron chi connectivity index (χ3n) is 4.53. The minimum atomic E-state index is 0.00390. The Kier molecular flexibility index (Phi) is 3.86. The third-order valence-corrected chi connectivity index (χ3v) is 4.53. The number of fused-ring (bicyclic) bond motifs is 1. The highest BCUT2D eigenvalue weighted by Gasteiger charge is 2.42. The van der Waals surface area contributed by atoms with Gasteiger partial charge < -0.3 is 9.80 Å². The number of rotatable bonds is 3. The number of aromatic nitrogens is 2. The number of carbonyl (C=O) groups is 2. The number of amides is 2. The summed E-state index contributed by atoms with van der Waals surface area (Å²) in [6, 6.07) is 0. The van der Waals surface area contributed by atoms with E-state index in [1.807, 2.05) is 11.9 Å². The van der Waals surface area contributed by atoms with Crippen molar-refractivity contribution in [3.63, 3.8) is 0 Å². The summed E-state index contributed by atoms with van der Waals surface area (Å²) in [6.45, 7) is 2.11. The number of nitrogens with zero attached hydrogens (tertiary/aromatic N) is 4. The minimum absolute atomic E-state index is 0.00390. The molecular formula is C15H20N4O2. The zero-order valence-corrected chi connectivity index (χ0v) is 12.2. The van der Waals surface area contributed by atoms with Crippen LogP contribution in [0.25, 0.3) is 0 Å². The molecule has 6 nitrogen and oxygen atoms in total. The standard InChI is InChI=1S/C15H20N4O2/c1-18-7-4-11-9-19(10-13(11)15(18)21)14(20)3-2-12-8-16-5-6-17-12/h5-6,8,11,13H,2-4,7,9-10H2,1H3/t11-,13+/m1/s1. The molecule has 112 valence electrons. The van der Waals surface area contributed by atoms with E-state index >= 15 is 0 Å². The maximum absolute atomic E-state index is 12.3. The predicted molar refractivity (Wildman–Crippen MR) is 76.2 cm³/mol. The van der Waals surface area contributed by atoms with Crippen molar-refractivity contribution in [1.29, 1.82) is 0 Å². The van der Waals surface area contributed by atoms with E-state index in [2.05, 4.69) is 9.97 Å². The molecule has 0 spiro atoms. The number of hydrogen-bond donors (Lipinski definition) is 0. The SMILES string of the molecule is CN1CC[C@@H]2CN(C(=O)CCc3cnccn3)C[C@@H]2C1=O. The van der Waals surface area contributed by atoms with E-state index in [-0.39, 0.29) is 17.7 Å². The Morgan fingerprint density at radius 1 is 1.38 bits per heavy atom. The van der Waals surface area contributed by atoms with Crippen LogP contribution in [0.4, 0.5) is 0 Å². The molecule has 2 aliphatic rings. The van der Waals surface area contributed by atoms with E-state index < -0.39 is 0 Å². The van der Waals surface area contributed by atoms with Crippen LogP contribution in [0.15, 0.2) is 18.6 Å². The van der Waals surface area contributed by atoms with Crippen molar-refractivity contribution < 1.29 is 9.59 Å². The van der Waals surface area contributed by atoms with Gasteiger partial charge in [-0.2, -0.15) is 0 Å². The highest BCUT2D eigenvalue weighted by Crippen LogP contribution is 2.31. The van der Waals surface area contributed by atoms with Gasteiger partial charge >= 0.3 is 0 Å². The van der Waals surface area contributed by atoms with E-state index in [4.69, 9.17) is 0 Å². The summed E-state index contributed by atoms with van der Waals surface area (Å²) in [6.07, 6.45) is 6.99. The highest BCUT2D eigenvalue weighted by molar-refractivity contribution is 5.83. The fraction of sp³-hybridized carbons (Fsp3) is 0.600. The van der Waals surface area contributed by atoms with Gasteiger partial charge in [-0.05, 0) is 18.8 Å². The van der Waals surface area contributed by atoms with Gasteiger partial charge in [-0.1, -0.05) is 0 Å². The predicted octanol–water partition coefficient (Wildman–Crippen LogP) is 0.346. The molecule has 2 fully saturated rings. The lowest BCUT2D eigenvalue weighted by molar-refractivity contribution is -0.138. The molecule has 0 radical (unpaired) electrons. The van der Waals surface area contributed by atoms with Crippen LogP contribution in [0.5, 0.6) is 0 Å². The van der Waals surface area contributed by atoms with Gasteiger partial charge in [-0.25, -0.2) is 0 Å². The average Bonchev–Trinajstić information content (AvgIpc) is 2.95. The van der Waals surface area contributed by atoms with Crippen molar-refractivity contribution in [1.82, 2.24) is 19.8 Å². The molecule has 0 aromatic carbocycles. The summed E-state index contributed by atoms with van der Waals surface area (Å²) in [7, 11) is 1.84. The molecule has 6 heteroatoms. The molecule has 0 aliphatic carbocycles. The molecule has 2 atom stereocenters. The van der Waals surface area contributed by atoms with Gasteiger partial charge in [-0.15, -0.1) is 0 Å². The first-order valence-electron chi connectivity index (χ1n) is 7.43. The first-order chi connectivity index (χ1) is 10.1. The minimum Gasteiger partial charge on any atom is -0.345 e. The molecular weight excluding hydrogens is 268 g/mol. The van der Waals surface area contributed by atoms with Crippen molar-refractivity contribution in [2.45, 2.75) is 19.3 Å². The van der Waals surface area contributed by atoms with E-state index in [1.54, 1.807) is 23.5 Å². The fourth-order valence-electron chi connectivity index (χ4n) is 3.25. The van der Waals surface area contributed by atoms with Crippen molar-refractivity contribution in [2.24, 2.45) is 11.8 Å². The highest BCUT2D eigenvalue weighted by atomic mass is 16.2. The molecule has 1 aromatic rings. The van der Waals surface area contributed by atoms with Crippen LogP contribution in [0.1, 0.15) is 18.5 Å². The summed E-state index contributed by atoms with van der Waals surface area (Å²) < 4.78 is 0. The number of carbonyl (C=O) groups excluding carboxylic acids is 2. The van der Waals surface area contributed by atoms with E-state index in [9.17, 15) is 9.59 Å². The molecule has 0 unspecified atom stereocenters. The van der Waals surface area contributed by atoms with Crippen molar-refractivity contribution in [3.05, 3.63) is 24.3 Å². The quantitative estimate of drug-likeness (QED) is 0.805. The van der Waals surface area contributed by atoms with Gasteiger partial charge in [-0.3, -0.25) is 19.6 Å². The molecule has 2 amide bonds. The Hall–Kier alpha value is -1.98. The van der Waals surface area contributed by atoms with E-state index in [0.29, 0.717) is 25.3 Å². The van der Waals surface area contributed by atoms with Crippen molar-refractivity contribution >= 4 is 11.8 Å². The topological polar surface area (TPSA) is 66.4 Å². The molecule has 0 bridgehead atoms. The molecule has 21 heavy (non-hydrogen) atoms. The van der Waals surface area contributed by atoms with E-state index in [0.717, 1.165) is 25.2 Å². The molecule has 3 heterocycles. The van der Waals surface area contributed by atoms with Crippen LogP contribution in [-0.2, 0) is 16.0 Å². The first-order valence-corrected chi connectivity index (χ1v) is 7.43. The molecule has 2 saturated heterocycles. The van der Waals surface area contributed by atoms with Crippen LogP contribution in [0.2, 0.25) is 0 Å². The van der Waals surface area contributed by atoms with Gasteiger partial charge in [0.25, 0.3) is 0 Å². The van der Waals surface area contributed by atoms with E-state index in [1.165, 1.54) is 0 Å². The zero-order chi connectivity index (χ0) is 14.8. The zero-order valence-electron chi connectivity index (χ0n) is 12.2. The summed E-state index contributed by atoms with van der Waals surface area (Å²) in [4.78, 5) is 36.2. The lowest BCUT2D eigenvalue weighted by atomic mass is 9.88. The first kappa shape index (κ1) is 14.0. The van der Waals surface area contributed by atoms with Crippen LogP contribution in [-0.4, -0.2) is 58.3 Å². The number of aryl methyl sites for hydroxylation is 1.